The minimum absolute atomic E-state index is 0.157. The highest BCUT2D eigenvalue weighted by Gasteiger charge is 2.34. The fraction of sp³-hybridized carbons (Fsp3) is 0.294. The second kappa shape index (κ2) is 7.80. The number of nitrogens with two attached hydrogens (primary N) is 2. The predicted molar refractivity (Wildman–Crippen MR) is 97.2 cm³/mol. The van der Waals surface area contributed by atoms with Crippen molar-refractivity contribution in [2.24, 2.45) is 5.73 Å². The van der Waals surface area contributed by atoms with Gasteiger partial charge in [-0.3, -0.25) is 4.79 Å². The summed E-state index contributed by atoms with van der Waals surface area (Å²) in [6, 6.07) is 3.99. The molecule has 0 aliphatic carbocycles. The lowest BCUT2D eigenvalue weighted by Crippen LogP contribution is -2.12. The summed E-state index contributed by atoms with van der Waals surface area (Å²) in [5, 5.41) is 6.90. The van der Waals surface area contributed by atoms with Crippen molar-refractivity contribution in [3.05, 3.63) is 36.2 Å². The van der Waals surface area contributed by atoms with Crippen LogP contribution in [0.5, 0.6) is 0 Å². The molecular weight excluding hydrogens is 375 g/mol. The van der Waals surface area contributed by atoms with Crippen LogP contribution in [0.15, 0.2) is 30.6 Å². The lowest BCUT2D eigenvalue weighted by Gasteiger charge is -2.10. The van der Waals surface area contributed by atoms with Gasteiger partial charge in [0.15, 0.2) is 11.5 Å². The minimum atomic E-state index is -4.62. The van der Waals surface area contributed by atoms with Crippen LogP contribution in [0.25, 0.3) is 16.9 Å². The molecule has 5 N–H and O–H groups in total. The van der Waals surface area contributed by atoms with Crippen molar-refractivity contribution < 1.29 is 18.0 Å². The number of halogens is 3. The summed E-state index contributed by atoms with van der Waals surface area (Å²) in [6.45, 7) is 0.518. The topological polar surface area (TPSA) is 124 Å². The number of pyridine rings is 1. The van der Waals surface area contributed by atoms with Gasteiger partial charge in [0.2, 0.25) is 5.91 Å². The number of hydrogen-bond donors (Lipinski definition) is 3. The second-order valence-electron chi connectivity index (χ2n) is 6.10. The summed E-state index contributed by atoms with van der Waals surface area (Å²) >= 11 is 0. The van der Waals surface area contributed by atoms with Gasteiger partial charge in [0.05, 0.1) is 17.5 Å². The molecule has 0 fully saturated rings. The standard InChI is InChI=1S/C17H18F3N7O/c18-17(19,20)11-7-10(8-23-16(11)22)12-4-5-14-24-13(9-27(14)26-12)25-15(28)3-1-2-6-21/h4-5,7-9H,1-3,6,21H2,(H2,22,23)(H,25,28). The average molecular weight is 393 g/mol. The van der Waals surface area contributed by atoms with Gasteiger partial charge in [0, 0.05) is 18.2 Å². The predicted octanol–water partition coefficient (Wildman–Crippen LogP) is 2.46. The largest absolute Gasteiger partial charge is 0.419 e. The van der Waals surface area contributed by atoms with E-state index in [2.05, 4.69) is 20.4 Å². The van der Waals surface area contributed by atoms with E-state index < -0.39 is 17.6 Å². The Kier molecular flexibility index (Phi) is 5.45. The van der Waals surface area contributed by atoms with Gasteiger partial charge in [-0.1, -0.05) is 0 Å². The number of imidazole rings is 1. The first-order chi connectivity index (χ1) is 13.3. The van der Waals surface area contributed by atoms with Gasteiger partial charge >= 0.3 is 6.18 Å². The fourth-order valence-electron chi connectivity index (χ4n) is 2.57. The van der Waals surface area contributed by atoms with E-state index in [0.717, 1.165) is 12.5 Å². The third kappa shape index (κ3) is 4.36. The molecule has 0 saturated heterocycles. The Morgan fingerprint density at radius 3 is 2.75 bits per heavy atom. The molecule has 0 saturated carbocycles. The Balaban J connectivity index is 1.84. The van der Waals surface area contributed by atoms with Crippen LogP contribution >= 0.6 is 0 Å². The molecule has 3 rings (SSSR count). The van der Waals surface area contributed by atoms with Crippen LogP contribution in [0.2, 0.25) is 0 Å². The number of aromatic nitrogens is 4. The van der Waals surface area contributed by atoms with Crippen LogP contribution in [0.3, 0.4) is 0 Å². The molecule has 8 nitrogen and oxygen atoms in total. The van der Waals surface area contributed by atoms with Crippen molar-refractivity contribution in [1.82, 2.24) is 19.6 Å². The van der Waals surface area contributed by atoms with Crippen LogP contribution in [0, 0.1) is 0 Å². The number of carbonyl (C=O) groups excluding carboxylic acids is 1. The molecule has 148 valence electrons. The highest BCUT2D eigenvalue weighted by Crippen LogP contribution is 2.34. The summed E-state index contributed by atoms with van der Waals surface area (Å²) in [5.41, 5.74) is 10.5. The molecule has 0 bridgehead atoms. The maximum atomic E-state index is 13.0. The number of carbonyl (C=O) groups is 1. The lowest BCUT2D eigenvalue weighted by molar-refractivity contribution is -0.137. The van der Waals surface area contributed by atoms with E-state index in [0.29, 0.717) is 30.9 Å². The fourth-order valence-corrected chi connectivity index (χ4v) is 2.57. The minimum Gasteiger partial charge on any atom is -0.383 e. The summed E-state index contributed by atoms with van der Waals surface area (Å²) < 4.78 is 40.5. The van der Waals surface area contributed by atoms with E-state index in [-0.39, 0.29) is 17.2 Å². The summed E-state index contributed by atoms with van der Waals surface area (Å²) in [4.78, 5) is 19.7. The quantitative estimate of drug-likeness (QED) is 0.553. The number of nitrogens with zero attached hydrogens (tertiary/aromatic N) is 4. The molecule has 0 aliphatic heterocycles. The zero-order valence-corrected chi connectivity index (χ0v) is 14.7. The van der Waals surface area contributed by atoms with E-state index in [4.69, 9.17) is 11.5 Å². The Morgan fingerprint density at radius 2 is 2.04 bits per heavy atom. The van der Waals surface area contributed by atoms with Gasteiger partial charge in [-0.25, -0.2) is 14.5 Å². The molecule has 0 aromatic carbocycles. The van der Waals surface area contributed by atoms with Gasteiger partial charge in [-0.15, -0.1) is 0 Å². The Bertz CT molecular complexity index is 1000. The summed E-state index contributed by atoms with van der Waals surface area (Å²) in [5.74, 6) is -0.497. The highest BCUT2D eigenvalue weighted by atomic mass is 19.4. The smallest absolute Gasteiger partial charge is 0.383 e. The molecule has 11 heteroatoms. The average Bonchev–Trinajstić information content (AvgIpc) is 3.02. The van der Waals surface area contributed by atoms with Gasteiger partial charge in [-0.2, -0.15) is 18.3 Å². The van der Waals surface area contributed by atoms with Crippen LogP contribution in [0.4, 0.5) is 24.8 Å². The van der Waals surface area contributed by atoms with Crippen LogP contribution in [0.1, 0.15) is 24.8 Å². The second-order valence-corrected chi connectivity index (χ2v) is 6.10. The molecule has 3 heterocycles. The number of nitrogens with one attached hydrogen (secondary N) is 1. The molecule has 0 spiro atoms. The van der Waals surface area contributed by atoms with Crippen molar-refractivity contribution in [1.29, 1.82) is 0 Å². The van der Waals surface area contributed by atoms with E-state index in [9.17, 15) is 18.0 Å². The highest BCUT2D eigenvalue weighted by molar-refractivity contribution is 5.90. The Morgan fingerprint density at radius 1 is 1.25 bits per heavy atom. The first kappa shape index (κ1) is 19.5. The van der Waals surface area contributed by atoms with Crippen molar-refractivity contribution >= 4 is 23.2 Å². The maximum absolute atomic E-state index is 13.0. The van der Waals surface area contributed by atoms with E-state index in [1.165, 1.54) is 23.0 Å². The number of unbranched alkanes of at least 4 members (excludes halogenated alkanes) is 1. The number of alkyl halides is 3. The molecule has 0 unspecified atom stereocenters. The normalized spacial score (nSPS) is 11.7. The summed E-state index contributed by atoms with van der Waals surface area (Å²) in [6.07, 6.45) is -0.178. The van der Waals surface area contributed by atoms with Gasteiger partial charge < -0.3 is 16.8 Å². The molecular formula is C17H18F3N7O. The SMILES string of the molecule is NCCCCC(=O)Nc1cn2nc(-c3cnc(N)c(C(F)(F)F)c3)ccc2n1. The number of fused-ring (bicyclic) bond motifs is 1. The Hall–Kier alpha value is -3.21. The molecule has 3 aromatic rings. The third-order valence-corrected chi connectivity index (χ3v) is 3.97. The molecule has 3 aromatic heterocycles. The maximum Gasteiger partial charge on any atom is 0.419 e. The van der Waals surface area contributed by atoms with Gasteiger partial charge in [0.1, 0.15) is 5.82 Å². The van der Waals surface area contributed by atoms with Crippen LogP contribution < -0.4 is 16.8 Å². The van der Waals surface area contributed by atoms with Crippen molar-refractivity contribution in [3.8, 4) is 11.3 Å². The lowest BCUT2D eigenvalue weighted by atomic mass is 10.1. The monoisotopic (exact) mass is 393 g/mol. The van der Waals surface area contributed by atoms with Crippen LogP contribution in [-0.2, 0) is 11.0 Å². The zero-order chi connectivity index (χ0) is 20.3. The molecule has 0 aliphatic rings. The number of anilines is 2. The van der Waals surface area contributed by atoms with E-state index in [1.54, 1.807) is 6.07 Å². The molecule has 1 amide bonds. The van der Waals surface area contributed by atoms with Crippen molar-refractivity contribution in [3.63, 3.8) is 0 Å². The van der Waals surface area contributed by atoms with E-state index in [1.807, 2.05) is 0 Å². The van der Waals surface area contributed by atoms with Gasteiger partial charge in [0.25, 0.3) is 0 Å². The number of hydrogen-bond acceptors (Lipinski definition) is 6. The third-order valence-electron chi connectivity index (χ3n) is 3.97. The summed E-state index contributed by atoms with van der Waals surface area (Å²) in [7, 11) is 0. The zero-order valence-electron chi connectivity index (χ0n) is 14.7. The first-order valence-electron chi connectivity index (χ1n) is 8.47. The number of nitrogen functional groups attached to an aromatic ring is 1. The first-order valence-corrected chi connectivity index (χ1v) is 8.47. The van der Waals surface area contributed by atoms with Crippen molar-refractivity contribution in [2.75, 3.05) is 17.6 Å². The van der Waals surface area contributed by atoms with E-state index >= 15 is 0 Å². The van der Waals surface area contributed by atoms with Crippen molar-refractivity contribution in [2.45, 2.75) is 25.4 Å². The number of amides is 1. The van der Waals surface area contributed by atoms with Crippen LogP contribution in [-0.4, -0.2) is 32.0 Å². The number of rotatable bonds is 6. The molecule has 28 heavy (non-hydrogen) atoms. The molecule has 0 radical (unpaired) electrons. The Labute approximate surface area is 157 Å². The molecule has 0 atom stereocenters. The van der Waals surface area contributed by atoms with Gasteiger partial charge in [-0.05, 0) is 37.6 Å².